The molecule has 3 nitrogen and oxygen atoms in total. The van der Waals surface area contributed by atoms with Crippen molar-refractivity contribution < 1.29 is 9.53 Å². The highest BCUT2D eigenvalue weighted by atomic mass is 127. The number of amides is 1. The highest BCUT2D eigenvalue weighted by Gasteiger charge is 2.38. The van der Waals surface area contributed by atoms with E-state index in [-0.39, 0.29) is 12.1 Å². The number of carbonyl (C=O) groups is 1. The first-order valence-electron chi connectivity index (χ1n) is 4.67. The molecule has 1 heterocycles. The first-order valence-corrected chi connectivity index (χ1v) is 5.63. The monoisotopic (exact) mass is 305 g/mol. The number of carbonyl (C=O) groups excluding carboxylic acids is 1. The molecule has 0 N–H and O–H groups in total. The lowest BCUT2D eigenvalue weighted by molar-refractivity contribution is 0.171. The third kappa shape index (κ3) is 1.67. The maximum Gasteiger partial charge on any atom is 0.419 e. The third-order valence-corrected chi connectivity index (χ3v) is 3.86. The van der Waals surface area contributed by atoms with E-state index in [1.165, 1.54) is 0 Å². The minimum absolute atomic E-state index is 0.180. The summed E-state index contributed by atoms with van der Waals surface area (Å²) in [5, 5.41) is 0. The van der Waals surface area contributed by atoms with Crippen molar-refractivity contribution >= 4 is 29.0 Å². The zero-order chi connectivity index (χ0) is 10.1. The highest BCUT2D eigenvalue weighted by molar-refractivity contribution is 14.1. The van der Waals surface area contributed by atoms with Crippen molar-refractivity contribution in [3.8, 4) is 0 Å². The van der Waals surface area contributed by atoms with Gasteiger partial charge in [0.2, 0.25) is 0 Å². The van der Waals surface area contributed by atoms with Gasteiger partial charge in [-0.1, -0.05) is 31.2 Å². The van der Waals surface area contributed by atoms with Crippen LogP contribution < -0.4 is 0 Å². The number of hydrogen-bond acceptors (Lipinski definition) is 2. The summed E-state index contributed by atoms with van der Waals surface area (Å²) in [6.45, 7) is 2.67. The van der Waals surface area contributed by atoms with Gasteiger partial charge in [0.1, 0.15) is 6.61 Å². The molecule has 1 amide bonds. The number of cyclic esters (lactones) is 1. The Labute approximate surface area is 97.3 Å². The smallest absolute Gasteiger partial charge is 0.419 e. The SMILES string of the molecule is CC1C=CC=CC1[C@@H]1COC(=O)N1I. The van der Waals surface area contributed by atoms with Crippen molar-refractivity contribution in [2.45, 2.75) is 13.0 Å². The van der Waals surface area contributed by atoms with Crippen LogP contribution in [0.15, 0.2) is 24.3 Å². The van der Waals surface area contributed by atoms with E-state index in [4.69, 9.17) is 4.74 Å². The molecule has 1 fully saturated rings. The molecule has 14 heavy (non-hydrogen) atoms. The predicted molar refractivity (Wildman–Crippen MR) is 61.9 cm³/mol. The van der Waals surface area contributed by atoms with Crippen molar-refractivity contribution in [3.05, 3.63) is 24.3 Å². The Morgan fingerprint density at radius 3 is 2.79 bits per heavy atom. The van der Waals surface area contributed by atoms with Crippen molar-refractivity contribution in [1.82, 2.24) is 3.11 Å². The quantitative estimate of drug-likeness (QED) is 0.550. The average molecular weight is 305 g/mol. The van der Waals surface area contributed by atoms with Crippen LogP contribution in [0.4, 0.5) is 4.79 Å². The highest BCUT2D eigenvalue weighted by Crippen LogP contribution is 2.31. The fourth-order valence-electron chi connectivity index (χ4n) is 1.90. The Hall–Kier alpha value is -0.520. The largest absolute Gasteiger partial charge is 0.447 e. The van der Waals surface area contributed by atoms with Crippen molar-refractivity contribution in [3.63, 3.8) is 0 Å². The summed E-state index contributed by atoms with van der Waals surface area (Å²) in [5.41, 5.74) is 0. The van der Waals surface area contributed by atoms with E-state index >= 15 is 0 Å². The van der Waals surface area contributed by atoms with E-state index in [0.29, 0.717) is 18.4 Å². The van der Waals surface area contributed by atoms with Crippen LogP contribution in [-0.2, 0) is 4.74 Å². The molecule has 2 rings (SSSR count). The van der Waals surface area contributed by atoms with Crippen molar-refractivity contribution in [1.29, 1.82) is 0 Å². The Balaban J connectivity index is 2.12. The number of halogens is 1. The fourth-order valence-corrected chi connectivity index (χ4v) is 2.57. The predicted octanol–water partition coefficient (Wildman–Crippen LogP) is 2.54. The van der Waals surface area contributed by atoms with Gasteiger partial charge in [-0.3, -0.25) is 0 Å². The van der Waals surface area contributed by atoms with Gasteiger partial charge in [-0.15, -0.1) is 0 Å². The molecular formula is C10H12INO2. The van der Waals surface area contributed by atoms with Gasteiger partial charge in [0.05, 0.1) is 28.9 Å². The van der Waals surface area contributed by atoms with E-state index in [9.17, 15) is 4.79 Å². The molecule has 3 atom stereocenters. The maximum atomic E-state index is 11.2. The molecule has 0 aromatic rings. The van der Waals surface area contributed by atoms with Gasteiger partial charge in [0, 0.05) is 5.92 Å². The van der Waals surface area contributed by atoms with E-state index < -0.39 is 0 Å². The molecule has 2 unspecified atom stereocenters. The van der Waals surface area contributed by atoms with Gasteiger partial charge in [-0.25, -0.2) is 7.91 Å². The molecule has 0 radical (unpaired) electrons. The maximum absolute atomic E-state index is 11.2. The van der Waals surface area contributed by atoms with Crippen LogP contribution in [0.25, 0.3) is 0 Å². The van der Waals surface area contributed by atoms with Crippen molar-refractivity contribution in [2.75, 3.05) is 6.61 Å². The molecule has 0 aromatic heterocycles. The van der Waals surface area contributed by atoms with Crippen LogP contribution in [-0.4, -0.2) is 21.9 Å². The van der Waals surface area contributed by atoms with Gasteiger partial charge in [-0.05, 0) is 5.92 Å². The van der Waals surface area contributed by atoms with Crippen LogP contribution in [0.5, 0.6) is 0 Å². The number of rotatable bonds is 1. The average Bonchev–Trinajstić information content (AvgIpc) is 2.49. The number of allylic oxidation sites excluding steroid dienone is 3. The van der Waals surface area contributed by atoms with Crippen LogP contribution in [0, 0.1) is 11.8 Å². The first kappa shape index (κ1) is 10.0. The zero-order valence-electron chi connectivity index (χ0n) is 7.89. The Morgan fingerprint density at radius 2 is 2.21 bits per heavy atom. The van der Waals surface area contributed by atoms with Gasteiger partial charge in [0.15, 0.2) is 0 Å². The second kappa shape index (κ2) is 3.92. The van der Waals surface area contributed by atoms with E-state index in [2.05, 4.69) is 25.2 Å². The molecular weight excluding hydrogens is 293 g/mol. The van der Waals surface area contributed by atoms with Crippen molar-refractivity contribution in [2.24, 2.45) is 11.8 Å². The lowest BCUT2D eigenvalue weighted by Crippen LogP contribution is -2.34. The minimum atomic E-state index is -0.217. The van der Waals surface area contributed by atoms with Crippen LogP contribution >= 0.6 is 22.9 Å². The normalized spacial score (nSPS) is 36.3. The standard InChI is InChI=1S/C10H12INO2/c1-7-4-2-3-5-8(7)9-6-14-10(13)12(9)11/h2-5,7-9H,6H2,1H3/t7?,8?,9-/m0/s1. The van der Waals surface area contributed by atoms with Crippen LogP contribution in [0.3, 0.4) is 0 Å². The van der Waals surface area contributed by atoms with E-state index in [1.54, 1.807) is 3.11 Å². The van der Waals surface area contributed by atoms with Gasteiger partial charge in [0.25, 0.3) is 0 Å². The van der Waals surface area contributed by atoms with Crippen LogP contribution in [0.1, 0.15) is 6.92 Å². The Bertz CT molecular complexity index is 300. The van der Waals surface area contributed by atoms with E-state index in [0.717, 1.165) is 0 Å². The van der Waals surface area contributed by atoms with E-state index in [1.807, 2.05) is 28.9 Å². The topological polar surface area (TPSA) is 29.5 Å². The summed E-state index contributed by atoms with van der Waals surface area (Å²) in [6, 6.07) is 0.180. The summed E-state index contributed by atoms with van der Waals surface area (Å²) in [6.07, 6.45) is 8.19. The molecule has 0 saturated carbocycles. The summed E-state index contributed by atoms with van der Waals surface area (Å²) < 4.78 is 6.67. The summed E-state index contributed by atoms with van der Waals surface area (Å²) >= 11 is 2.03. The molecule has 0 bridgehead atoms. The first-order chi connectivity index (χ1) is 6.70. The molecule has 1 aliphatic heterocycles. The number of ether oxygens (including phenoxy) is 1. The molecule has 0 spiro atoms. The minimum Gasteiger partial charge on any atom is -0.447 e. The van der Waals surface area contributed by atoms with Gasteiger partial charge >= 0.3 is 6.09 Å². The second-order valence-corrected chi connectivity index (χ2v) is 4.70. The Morgan fingerprint density at radius 1 is 1.50 bits per heavy atom. The molecule has 4 heteroatoms. The zero-order valence-corrected chi connectivity index (χ0v) is 10.0. The molecule has 76 valence electrons. The number of hydrogen-bond donors (Lipinski definition) is 0. The molecule has 2 aliphatic rings. The summed E-state index contributed by atoms with van der Waals surface area (Å²) in [5.74, 6) is 0.847. The molecule has 1 aliphatic carbocycles. The molecule has 1 saturated heterocycles. The lowest BCUT2D eigenvalue weighted by Gasteiger charge is -2.27. The Kier molecular flexibility index (Phi) is 2.80. The van der Waals surface area contributed by atoms with Gasteiger partial charge < -0.3 is 4.74 Å². The van der Waals surface area contributed by atoms with Crippen LogP contribution in [0.2, 0.25) is 0 Å². The summed E-state index contributed by atoms with van der Waals surface area (Å²) in [7, 11) is 0. The lowest BCUT2D eigenvalue weighted by atomic mass is 9.85. The third-order valence-electron chi connectivity index (χ3n) is 2.75. The number of nitrogens with zero attached hydrogens (tertiary/aromatic N) is 1. The summed E-state index contributed by atoms with van der Waals surface area (Å²) in [4.78, 5) is 11.2. The molecule has 0 aromatic carbocycles. The van der Waals surface area contributed by atoms with Gasteiger partial charge in [-0.2, -0.15) is 0 Å². The fraction of sp³-hybridized carbons (Fsp3) is 0.500. The second-order valence-electron chi connectivity index (χ2n) is 3.66.